The van der Waals surface area contributed by atoms with Gasteiger partial charge in [0.15, 0.2) is 0 Å². The predicted molar refractivity (Wildman–Crippen MR) is 93.1 cm³/mol. The Morgan fingerprint density at radius 3 is 2.33 bits per heavy atom. The molecule has 1 heterocycles. The maximum absolute atomic E-state index is 12.9. The normalized spacial score (nSPS) is 10.2. The minimum absolute atomic E-state index is 0.315. The average Bonchev–Trinajstić information content (AvgIpc) is 2.59. The summed E-state index contributed by atoms with van der Waals surface area (Å²) in [4.78, 5) is 16.7. The first-order chi connectivity index (χ1) is 11.6. The molecule has 1 aromatic heterocycles. The van der Waals surface area contributed by atoms with Crippen LogP contribution >= 0.6 is 0 Å². The molecule has 0 saturated carbocycles. The molecule has 2 aromatic carbocycles. The van der Waals surface area contributed by atoms with Crippen molar-refractivity contribution in [2.75, 3.05) is 10.6 Å². The van der Waals surface area contributed by atoms with Gasteiger partial charge in [-0.1, -0.05) is 17.7 Å². The average molecular weight is 321 g/mol. The third kappa shape index (κ3) is 3.76. The van der Waals surface area contributed by atoms with Crippen LogP contribution in [0.1, 0.15) is 15.9 Å². The lowest BCUT2D eigenvalue weighted by atomic mass is 10.2. The van der Waals surface area contributed by atoms with Gasteiger partial charge in [0, 0.05) is 17.6 Å². The Hall–Kier alpha value is -3.21. The Kier molecular flexibility index (Phi) is 4.52. The number of benzene rings is 2. The van der Waals surface area contributed by atoms with Gasteiger partial charge in [0.05, 0.1) is 5.56 Å². The van der Waals surface area contributed by atoms with E-state index in [0.29, 0.717) is 17.1 Å². The highest BCUT2D eigenvalue weighted by atomic mass is 19.1. The molecule has 120 valence electrons. The Morgan fingerprint density at radius 1 is 0.958 bits per heavy atom. The van der Waals surface area contributed by atoms with Crippen LogP contribution in [-0.2, 0) is 0 Å². The number of aromatic nitrogens is 1. The summed E-state index contributed by atoms with van der Waals surface area (Å²) in [5, 5.41) is 5.88. The molecule has 3 aromatic rings. The Morgan fingerprint density at radius 2 is 1.62 bits per heavy atom. The van der Waals surface area contributed by atoms with E-state index in [1.807, 2.05) is 31.2 Å². The van der Waals surface area contributed by atoms with Gasteiger partial charge in [-0.15, -0.1) is 0 Å². The molecule has 0 spiro atoms. The molecule has 0 fully saturated rings. The Balaban J connectivity index is 1.81. The lowest BCUT2D eigenvalue weighted by Crippen LogP contribution is -2.14. The molecule has 4 nitrogen and oxygen atoms in total. The summed E-state index contributed by atoms with van der Waals surface area (Å²) >= 11 is 0. The summed E-state index contributed by atoms with van der Waals surface area (Å²) in [5.74, 6) is -0.207. The van der Waals surface area contributed by atoms with Gasteiger partial charge in [0.1, 0.15) is 11.6 Å². The number of carbonyl (C=O) groups is 1. The third-order valence-corrected chi connectivity index (χ3v) is 3.47. The Labute approximate surface area is 139 Å². The van der Waals surface area contributed by atoms with Crippen LogP contribution in [0.2, 0.25) is 0 Å². The molecular formula is C19H16FN3O. The topological polar surface area (TPSA) is 54.0 Å². The van der Waals surface area contributed by atoms with E-state index in [-0.39, 0.29) is 11.7 Å². The van der Waals surface area contributed by atoms with Crippen LogP contribution in [0.5, 0.6) is 0 Å². The third-order valence-electron chi connectivity index (χ3n) is 3.47. The van der Waals surface area contributed by atoms with Crippen LogP contribution in [-0.4, -0.2) is 10.9 Å². The van der Waals surface area contributed by atoms with Crippen LogP contribution in [0, 0.1) is 12.7 Å². The van der Waals surface area contributed by atoms with Gasteiger partial charge in [-0.25, -0.2) is 9.37 Å². The SMILES string of the molecule is Cc1ccc(Nc2ncccc2C(=O)Nc2ccc(F)cc2)cc1. The van der Waals surface area contributed by atoms with Crippen LogP contribution < -0.4 is 10.6 Å². The molecule has 0 aliphatic carbocycles. The second-order valence-corrected chi connectivity index (χ2v) is 5.35. The van der Waals surface area contributed by atoms with Crippen molar-refractivity contribution in [3.63, 3.8) is 0 Å². The molecule has 0 radical (unpaired) electrons. The fourth-order valence-corrected chi connectivity index (χ4v) is 2.19. The predicted octanol–water partition coefficient (Wildman–Crippen LogP) is 4.53. The van der Waals surface area contributed by atoms with Crippen LogP contribution in [0.25, 0.3) is 0 Å². The van der Waals surface area contributed by atoms with E-state index in [9.17, 15) is 9.18 Å². The molecule has 0 unspecified atom stereocenters. The standard InChI is InChI=1S/C19H16FN3O/c1-13-4-8-15(9-5-13)22-18-17(3-2-12-21-18)19(24)23-16-10-6-14(20)7-11-16/h2-12H,1H3,(H,21,22)(H,23,24). The van der Waals surface area contributed by atoms with E-state index in [4.69, 9.17) is 0 Å². The second-order valence-electron chi connectivity index (χ2n) is 5.35. The lowest BCUT2D eigenvalue weighted by Gasteiger charge is -2.11. The van der Waals surface area contributed by atoms with E-state index in [2.05, 4.69) is 15.6 Å². The van der Waals surface area contributed by atoms with Gasteiger partial charge >= 0.3 is 0 Å². The first kappa shape index (κ1) is 15.7. The minimum Gasteiger partial charge on any atom is -0.340 e. The van der Waals surface area contributed by atoms with Crippen molar-refractivity contribution in [3.8, 4) is 0 Å². The molecule has 0 saturated heterocycles. The molecule has 0 aliphatic rings. The molecule has 0 bridgehead atoms. The molecule has 5 heteroatoms. The highest BCUT2D eigenvalue weighted by molar-refractivity contribution is 6.07. The minimum atomic E-state index is -0.351. The van der Waals surface area contributed by atoms with Gasteiger partial charge in [-0.3, -0.25) is 4.79 Å². The Bertz CT molecular complexity index is 845. The molecule has 0 atom stereocenters. The van der Waals surface area contributed by atoms with Crippen molar-refractivity contribution in [3.05, 3.63) is 83.8 Å². The molecule has 0 aliphatic heterocycles. The summed E-state index contributed by atoms with van der Waals surface area (Å²) in [6.07, 6.45) is 1.62. The van der Waals surface area contributed by atoms with Crippen molar-refractivity contribution >= 4 is 23.1 Å². The zero-order valence-corrected chi connectivity index (χ0v) is 13.1. The van der Waals surface area contributed by atoms with Crippen LogP contribution in [0.3, 0.4) is 0 Å². The van der Waals surface area contributed by atoms with E-state index >= 15 is 0 Å². The number of aryl methyl sites for hydroxylation is 1. The van der Waals surface area contributed by atoms with Gasteiger partial charge in [-0.05, 0) is 55.5 Å². The van der Waals surface area contributed by atoms with Crippen molar-refractivity contribution in [2.45, 2.75) is 6.92 Å². The van der Waals surface area contributed by atoms with E-state index in [0.717, 1.165) is 11.3 Å². The number of halogens is 1. The number of hydrogen-bond acceptors (Lipinski definition) is 3. The van der Waals surface area contributed by atoms with Crippen molar-refractivity contribution in [1.29, 1.82) is 0 Å². The first-order valence-electron chi connectivity index (χ1n) is 7.47. The number of pyridine rings is 1. The maximum Gasteiger partial charge on any atom is 0.259 e. The zero-order valence-electron chi connectivity index (χ0n) is 13.1. The van der Waals surface area contributed by atoms with Crippen molar-refractivity contribution < 1.29 is 9.18 Å². The second kappa shape index (κ2) is 6.91. The number of rotatable bonds is 4. The number of nitrogens with one attached hydrogen (secondary N) is 2. The number of anilines is 3. The number of nitrogens with zero attached hydrogens (tertiary/aromatic N) is 1. The summed E-state index contributed by atoms with van der Waals surface area (Å²) in [6.45, 7) is 2.01. The fraction of sp³-hybridized carbons (Fsp3) is 0.0526. The fourth-order valence-electron chi connectivity index (χ4n) is 2.19. The highest BCUT2D eigenvalue weighted by Gasteiger charge is 2.13. The molecular weight excluding hydrogens is 305 g/mol. The maximum atomic E-state index is 12.9. The monoisotopic (exact) mass is 321 g/mol. The summed E-state index contributed by atoms with van der Waals surface area (Å²) < 4.78 is 12.9. The molecule has 24 heavy (non-hydrogen) atoms. The first-order valence-corrected chi connectivity index (χ1v) is 7.47. The van der Waals surface area contributed by atoms with Gasteiger partial charge in [0.2, 0.25) is 0 Å². The largest absolute Gasteiger partial charge is 0.340 e. The number of hydrogen-bond donors (Lipinski definition) is 2. The van der Waals surface area contributed by atoms with Crippen LogP contribution in [0.4, 0.5) is 21.6 Å². The highest BCUT2D eigenvalue weighted by Crippen LogP contribution is 2.20. The smallest absolute Gasteiger partial charge is 0.259 e. The van der Waals surface area contributed by atoms with Crippen molar-refractivity contribution in [2.24, 2.45) is 0 Å². The van der Waals surface area contributed by atoms with Gasteiger partial charge in [0.25, 0.3) is 5.91 Å². The molecule has 1 amide bonds. The van der Waals surface area contributed by atoms with Crippen molar-refractivity contribution in [1.82, 2.24) is 4.98 Å². The summed E-state index contributed by atoms with van der Waals surface area (Å²) in [7, 11) is 0. The van der Waals surface area contributed by atoms with E-state index < -0.39 is 0 Å². The molecule has 3 rings (SSSR count). The van der Waals surface area contributed by atoms with Gasteiger partial charge < -0.3 is 10.6 Å². The number of amides is 1. The lowest BCUT2D eigenvalue weighted by molar-refractivity contribution is 0.102. The quantitative estimate of drug-likeness (QED) is 0.742. The summed E-state index contributed by atoms with van der Waals surface area (Å²) in [6, 6.07) is 16.8. The van der Waals surface area contributed by atoms with E-state index in [1.54, 1.807) is 18.3 Å². The number of carbonyl (C=O) groups excluding carboxylic acids is 1. The van der Waals surface area contributed by atoms with Crippen LogP contribution in [0.15, 0.2) is 66.9 Å². The summed E-state index contributed by atoms with van der Waals surface area (Å²) in [5.41, 5.74) is 2.92. The van der Waals surface area contributed by atoms with Gasteiger partial charge in [-0.2, -0.15) is 0 Å². The van der Waals surface area contributed by atoms with E-state index in [1.165, 1.54) is 24.3 Å². The molecule has 2 N–H and O–H groups in total. The zero-order chi connectivity index (χ0) is 16.9.